The van der Waals surface area contributed by atoms with E-state index in [0.717, 1.165) is 13.1 Å². The molecule has 2 nitrogen and oxygen atoms in total. The van der Waals surface area contributed by atoms with Gasteiger partial charge in [-0.1, -0.05) is 111 Å². The molecule has 2 saturated carbocycles. The molecule has 0 aromatic heterocycles. The molecule has 0 radical (unpaired) electrons. The van der Waals surface area contributed by atoms with Crippen LogP contribution < -0.4 is 9.80 Å². The Morgan fingerprint density at radius 1 is 0.650 bits per heavy atom. The fourth-order valence-electron chi connectivity index (χ4n) is 9.07. The number of para-hydroxylation sites is 2. The van der Waals surface area contributed by atoms with Crippen LogP contribution in [0, 0.1) is 0 Å². The lowest BCUT2D eigenvalue weighted by Crippen LogP contribution is -2.55. The van der Waals surface area contributed by atoms with Crippen LogP contribution in [0.1, 0.15) is 96.1 Å². The summed E-state index contributed by atoms with van der Waals surface area (Å²) in [5.41, 5.74) is 7.93. The molecule has 2 spiro atoms. The molecule has 0 saturated heterocycles. The summed E-state index contributed by atoms with van der Waals surface area (Å²) in [5.74, 6) is 0. The molecule has 1 atom stereocenters. The van der Waals surface area contributed by atoms with Crippen LogP contribution in [0.5, 0.6) is 0 Å². The maximum absolute atomic E-state index is 2.67. The first-order valence-electron chi connectivity index (χ1n) is 16.1. The van der Waals surface area contributed by atoms with E-state index in [2.05, 4.69) is 122 Å². The molecule has 1 unspecified atom stereocenters. The maximum atomic E-state index is 2.67. The Kier molecular flexibility index (Phi) is 7.55. The molecule has 2 aliphatic heterocycles. The van der Waals surface area contributed by atoms with Gasteiger partial charge in [0.25, 0.3) is 0 Å². The van der Waals surface area contributed by atoms with Gasteiger partial charge in [0.15, 0.2) is 0 Å². The monoisotopic (exact) mass is 532 g/mol. The van der Waals surface area contributed by atoms with Gasteiger partial charge in [-0.25, -0.2) is 0 Å². The largest absolute Gasteiger partial charge is 0.362 e. The molecule has 6 rings (SSSR count). The number of rotatable bonds is 6. The fourth-order valence-corrected chi connectivity index (χ4v) is 9.07. The molecule has 210 valence electrons. The third-order valence-electron chi connectivity index (χ3n) is 10.9. The van der Waals surface area contributed by atoms with Crippen molar-refractivity contribution in [3.05, 3.63) is 108 Å². The van der Waals surface area contributed by atoms with E-state index in [1.165, 1.54) is 81.3 Å². The molecular weight excluding hydrogens is 484 g/mol. The van der Waals surface area contributed by atoms with Crippen LogP contribution in [0.2, 0.25) is 0 Å². The lowest BCUT2D eigenvalue weighted by molar-refractivity contribution is 0.214. The van der Waals surface area contributed by atoms with Gasteiger partial charge >= 0.3 is 0 Å². The molecule has 2 heterocycles. The van der Waals surface area contributed by atoms with Gasteiger partial charge in [-0.3, -0.25) is 0 Å². The molecule has 2 aromatic carbocycles. The second-order valence-electron chi connectivity index (χ2n) is 12.6. The van der Waals surface area contributed by atoms with Gasteiger partial charge in [0.2, 0.25) is 0 Å². The zero-order valence-corrected chi connectivity index (χ0v) is 25.0. The molecule has 2 aromatic rings. The van der Waals surface area contributed by atoms with Crippen molar-refractivity contribution in [3.63, 3.8) is 0 Å². The van der Waals surface area contributed by atoms with Crippen LogP contribution in [0.15, 0.2) is 96.8 Å². The first kappa shape index (κ1) is 27.2. The number of fused-ring (bicyclic) bond motifs is 4. The van der Waals surface area contributed by atoms with Crippen LogP contribution in [0.3, 0.4) is 0 Å². The Morgan fingerprint density at radius 2 is 1.25 bits per heavy atom. The number of allylic oxidation sites excluding steroid dienone is 7. The van der Waals surface area contributed by atoms with E-state index in [9.17, 15) is 0 Å². The Morgan fingerprint density at radius 3 is 1.95 bits per heavy atom. The number of hydrogen-bond donors (Lipinski definition) is 0. The average Bonchev–Trinajstić information content (AvgIpc) is 3.36. The van der Waals surface area contributed by atoms with Crippen LogP contribution in [0.4, 0.5) is 11.4 Å². The minimum atomic E-state index is 0.00645. The average molecular weight is 533 g/mol. The normalized spacial score (nSPS) is 26.2. The van der Waals surface area contributed by atoms with Gasteiger partial charge in [-0.2, -0.15) is 0 Å². The first-order valence-corrected chi connectivity index (χ1v) is 16.1. The summed E-state index contributed by atoms with van der Waals surface area (Å²) in [6.45, 7) is 9.16. The molecule has 2 aliphatic carbocycles. The van der Waals surface area contributed by atoms with E-state index in [1.807, 2.05) is 0 Å². The van der Waals surface area contributed by atoms with Gasteiger partial charge in [0, 0.05) is 41.0 Å². The highest BCUT2D eigenvalue weighted by Crippen LogP contribution is 2.59. The SMILES string of the molecule is CCN1/C(=C/C=C/C=C/C=C/C2(C)N(CC)c3ccccc3C23CCCCC3)C2(CCCCC2)c2ccccc21. The predicted molar refractivity (Wildman–Crippen MR) is 172 cm³/mol. The van der Waals surface area contributed by atoms with Crippen LogP contribution in [-0.2, 0) is 10.8 Å². The molecular formula is C38H48N2. The summed E-state index contributed by atoms with van der Waals surface area (Å²) >= 11 is 0. The molecule has 2 heteroatoms. The highest BCUT2D eigenvalue weighted by atomic mass is 15.2. The van der Waals surface area contributed by atoms with Gasteiger partial charge in [-0.15, -0.1) is 0 Å². The second kappa shape index (κ2) is 11.1. The van der Waals surface area contributed by atoms with Crippen molar-refractivity contribution < 1.29 is 0 Å². The zero-order valence-electron chi connectivity index (χ0n) is 25.0. The van der Waals surface area contributed by atoms with Crippen LogP contribution in [0.25, 0.3) is 0 Å². The lowest BCUT2D eigenvalue weighted by atomic mass is 9.60. The third kappa shape index (κ3) is 4.13. The summed E-state index contributed by atoms with van der Waals surface area (Å²) in [7, 11) is 0. The van der Waals surface area contributed by atoms with Crippen LogP contribution >= 0.6 is 0 Å². The van der Waals surface area contributed by atoms with E-state index in [1.54, 1.807) is 11.1 Å². The Hall–Kier alpha value is -3.00. The summed E-state index contributed by atoms with van der Waals surface area (Å²) in [6, 6.07) is 18.4. The molecule has 40 heavy (non-hydrogen) atoms. The van der Waals surface area contributed by atoms with E-state index in [-0.39, 0.29) is 16.4 Å². The Balaban J connectivity index is 1.24. The molecule has 2 fully saturated rings. The molecule has 0 bridgehead atoms. The quantitative estimate of drug-likeness (QED) is 0.342. The van der Waals surface area contributed by atoms with Gasteiger partial charge in [-0.05, 0) is 75.8 Å². The minimum absolute atomic E-state index is 0.00645. The number of hydrogen-bond acceptors (Lipinski definition) is 2. The number of likely N-dealkylation sites (N-methyl/N-ethyl adjacent to an activating group) is 2. The smallest absolute Gasteiger partial charge is 0.0656 e. The Bertz CT molecular complexity index is 1310. The highest BCUT2D eigenvalue weighted by molar-refractivity contribution is 5.72. The summed E-state index contributed by atoms with van der Waals surface area (Å²) in [4.78, 5) is 5.23. The van der Waals surface area contributed by atoms with Crippen molar-refractivity contribution in [2.75, 3.05) is 22.9 Å². The van der Waals surface area contributed by atoms with E-state index in [0.29, 0.717) is 0 Å². The molecule has 0 amide bonds. The van der Waals surface area contributed by atoms with Gasteiger partial charge < -0.3 is 9.80 Å². The number of benzene rings is 2. The van der Waals surface area contributed by atoms with Crippen molar-refractivity contribution in [1.29, 1.82) is 0 Å². The third-order valence-corrected chi connectivity index (χ3v) is 10.9. The number of anilines is 2. The fraction of sp³-hybridized carbons (Fsp3) is 0.474. The van der Waals surface area contributed by atoms with Gasteiger partial charge in [0.1, 0.15) is 0 Å². The first-order chi connectivity index (χ1) is 19.6. The van der Waals surface area contributed by atoms with Crippen molar-refractivity contribution in [3.8, 4) is 0 Å². The standard InChI is InChI=1S/C38H48N2/c1-4-39-33-23-14-12-21-31(33)37(27-17-9-18-28-37)35(39)25-11-7-6-8-16-26-36(3)38(29-19-10-20-30-38)32-22-13-15-24-34(32)40(36)5-2/h6-8,11-16,21-26H,4-5,9-10,17-20,27-30H2,1-3H3/b8-6+,11-7+,26-16+,35-25+. The summed E-state index contributed by atoms with van der Waals surface area (Å²) < 4.78 is 0. The predicted octanol–water partition coefficient (Wildman–Crippen LogP) is 9.78. The van der Waals surface area contributed by atoms with E-state index >= 15 is 0 Å². The summed E-state index contributed by atoms with van der Waals surface area (Å²) in [6.07, 6.45) is 29.4. The lowest BCUT2D eigenvalue weighted by Gasteiger charge is -2.49. The number of nitrogens with zero attached hydrogens (tertiary/aromatic N) is 2. The van der Waals surface area contributed by atoms with Crippen molar-refractivity contribution >= 4 is 11.4 Å². The maximum Gasteiger partial charge on any atom is 0.0656 e. The Labute approximate surface area is 243 Å². The highest BCUT2D eigenvalue weighted by Gasteiger charge is 2.57. The minimum Gasteiger partial charge on any atom is -0.362 e. The molecule has 4 aliphatic rings. The van der Waals surface area contributed by atoms with Gasteiger partial charge in [0.05, 0.1) is 5.54 Å². The zero-order chi connectivity index (χ0) is 27.6. The topological polar surface area (TPSA) is 6.48 Å². The molecule has 0 N–H and O–H groups in total. The van der Waals surface area contributed by atoms with Crippen molar-refractivity contribution in [2.45, 2.75) is 101 Å². The van der Waals surface area contributed by atoms with E-state index < -0.39 is 0 Å². The van der Waals surface area contributed by atoms with Crippen LogP contribution in [-0.4, -0.2) is 18.6 Å². The summed E-state index contributed by atoms with van der Waals surface area (Å²) in [5, 5.41) is 0. The van der Waals surface area contributed by atoms with Crippen molar-refractivity contribution in [1.82, 2.24) is 0 Å². The van der Waals surface area contributed by atoms with E-state index in [4.69, 9.17) is 0 Å². The van der Waals surface area contributed by atoms with Crippen molar-refractivity contribution in [2.24, 2.45) is 0 Å². The second-order valence-corrected chi connectivity index (χ2v) is 12.6.